The molecule has 2 N–H and O–H groups in total. The number of nitrogens with zero attached hydrogens (tertiary/aromatic N) is 2. The minimum absolute atomic E-state index is 0.0401. The van der Waals surface area contributed by atoms with Crippen molar-refractivity contribution in [3.63, 3.8) is 0 Å². The second-order valence-corrected chi connectivity index (χ2v) is 6.76. The Labute approximate surface area is 130 Å². The summed E-state index contributed by atoms with van der Waals surface area (Å²) in [5, 5.41) is 17.3. The summed E-state index contributed by atoms with van der Waals surface area (Å²) in [7, 11) is 0. The van der Waals surface area contributed by atoms with Gasteiger partial charge in [0, 0.05) is 6.54 Å². The van der Waals surface area contributed by atoms with Crippen LogP contribution in [0.4, 0.5) is 5.69 Å². The molecule has 118 valence electrons. The highest BCUT2D eigenvalue weighted by molar-refractivity contribution is 6.32. The average Bonchev–Trinajstić information content (AvgIpc) is 2.48. The van der Waals surface area contributed by atoms with Crippen LogP contribution in [-0.2, 0) is 6.54 Å². The first-order chi connectivity index (χ1) is 9.97. The summed E-state index contributed by atoms with van der Waals surface area (Å²) in [6.45, 7) is 4.64. The predicted molar refractivity (Wildman–Crippen MR) is 84.9 cm³/mol. The lowest BCUT2D eigenvalue weighted by molar-refractivity contribution is 0.173. The summed E-state index contributed by atoms with van der Waals surface area (Å²) >= 11 is 6.20. The van der Waals surface area contributed by atoms with Crippen LogP contribution in [0.2, 0.25) is 5.02 Å². The summed E-state index contributed by atoms with van der Waals surface area (Å²) in [6.07, 6.45) is 6.69. The molecule has 0 amide bonds. The van der Waals surface area contributed by atoms with E-state index in [-0.39, 0.29) is 22.7 Å². The van der Waals surface area contributed by atoms with Gasteiger partial charge in [-0.05, 0) is 18.8 Å². The Hall–Kier alpha value is -1.07. The van der Waals surface area contributed by atoms with Gasteiger partial charge in [-0.2, -0.15) is 5.10 Å². The molecular weight excluding hydrogens is 290 g/mol. The van der Waals surface area contributed by atoms with Gasteiger partial charge in [-0.3, -0.25) is 4.79 Å². The van der Waals surface area contributed by atoms with Crippen LogP contribution in [0.3, 0.4) is 0 Å². The highest BCUT2D eigenvalue weighted by atomic mass is 35.5. The summed E-state index contributed by atoms with van der Waals surface area (Å²) in [4.78, 5) is 12.2. The van der Waals surface area contributed by atoms with Crippen LogP contribution >= 0.6 is 11.6 Å². The number of rotatable bonds is 5. The molecule has 0 radical (unpaired) electrons. The number of hydrogen-bond acceptors (Lipinski definition) is 4. The van der Waals surface area contributed by atoms with Crippen LogP contribution in [0.1, 0.15) is 46.0 Å². The standard InChI is InChI=1S/C15H24ClN3O2/c1-11(2)9-19-14(21)13(16)12(8-17-19)18-15(10-20)6-4-3-5-7-15/h8,11,18,20H,3-7,9-10H2,1-2H3. The van der Waals surface area contributed by atoms with Gasteiger partial charge in [0.1, 0.15) is 5.02 Å². The highest BCUT2D eigenvalue weighted by Gasteiger charge is 2.32. The van der Waals surface area contributed by atoms with Crippen LogP contribution < -0.4 is 10.9 Å². The van der Waals surface area contributed by atoms with E-state index in [9.17, 15) is 9.90 Å². The van der Waals surface area contributed by atoms with Crippen molar-refractivity contribution in [1.29, 1.82) is 0 Å². The van der Waals surface area contributed by atoms with E-state index in [1.807, 2.05) is 13.8 Å². The van der Waals surface area contributed by atoms with Gasteiger partial charge in [-0.15, -0.1) is 0 Å². The fourth-order valence-corrected chi connectivity index (χ4v) is 3.06. The zero-order valence-corrected chi connectivity index (χ0v) is 13.5. The Morgan fingerprint density at radius 3 is 2.67 bits per heavy atom. The van der Waals surface area contributed by atoms with Crippen molar-refractivity contribution < 1.29 is 5.11 Å². The molecule has 0 bridgehead atoms. The van der Waals surface area contributed by atoms with Crippen LogP contribution in [0.5, 0.6) is 0 Å². The van der Waals surface area contributed by atoms with E-state index >= 15 is 0 Å². The van der Waals surface area contributed by atoms with Crippen molar-refractivity contribution in [2.75, 3.05) is 11.9 Å². The molecule has 0 spiro atoms. The number of nitrogens with one attached hydrogen (secondary N) is 1. The van der Waals surface area contributed by atoms with Gasteiger partial charge in [0.15, 0.2) is 0 Å². The Balaban J connectivity index is 2.24. The van der Waals surface area contributed by atoms with Gasteiger partial charge >= 0.3 is 0 Å². The molecule has 1 aromatic heterocycles. The van der Waals surface area contributed by atoms with E-state index in [4.69, 9.17) is 11.6 Å². The number of hydrogen-bond donors (Lipinski definition) is 2. The zero-order valence-electron chi connectivity index (χ0n) is 12.7. The van der Waals surface area contributed by atoms with Gasteiger partial charge in [0.2, 0.25) is 0 Å². The van der Waals surface area contributed by atoms with Crippen LogP contribution in [-0.4, -0.2) is 27.0 Å². The van der Waals surface area contributed by atoms with Crippen LogP contribution in [0.15, 0.2) is 11.0 Å². The predicted octanol–water partition coefficient (Wildman–Crippen LogP) is 2.66. The summed E-state index contributed by atoms with van der Waals surface area (Å²) in [5.74, 6) is 0.326. The molecular formula is C15H24ClN3O2. The molecule has 1 heterocycles. The molecule has 0 aliphatic heterocycles. The van der Waals surface area contributed by atoms with Gasteiger partial charge in [-0.25, -0.2) is 4.68 Å². The molecule has 1 aliphatic carbocycles. The molecule has 5 nitrogen and oxygen atoms in total. The maximum atomic E-state index is 12.2. The van der Waals surface area contributed by atoms with Crippen molar-refractivity contribution in [3.05, 3.63) is 21.6 Å². The van der Waals surface area contributed by atoms with Gasteiger partial charge in [0.05, 0.1) is 24.0 Å². The first-order valence-corrected chi connectivity index (χ1v) is 8.00. The van der Waals surface area contributed by atoms with Crippen molar-refractivity contribution >= 4 is 17.3 Å². The van der Waals surface area contributed by atoms with Crippen molar-refractivity contribution in [2.45, 2.75) is 58.0 Å². The maximum Gasteiger partial charge on any atom is 0.287 e. The van der Waals surface area contributed by atoms with E-state index < -0.39 is 0 Å². The molecule has 1 aromatic rings. The Morgan fingerprint density at radius 2 is 2.10 bits per heavy atom. The second-order valence-electron chi connectivity index (χ2n) is 6.38. The average molecular weight is 314 g/mol. The molecule has 1 saturated carbocycles. The van der Waals surface area contributed by atoms with Gasteiger partial charge in [-0.1, -0.05) is 44.7 Å². The normalized spacial score (nSPS) is 18.0. The number of aliphatic hydroxyl groups excluding tert-OH is 1. The smallest absolute Gasteiger partial charge is 0.287 e. The monoisotopic (exact) mass is 313 g/mol. The molecule has 1 aliphatic rings. The molecule has 0 saturated heterocycles. The minimum Gasteiger partial charge on any atom is -0.394 e. The fourth-order valence-electron chi connectivity index (χ4n) is 2.86. The molecule has 6 heteroatoms. The number of aromatic nitrogens is 2. The van der Waals surface area contributed by atoms with E-state index in [1.54, 1.807) is 6.20 Å². The lowest BCUT2D eigenvalue weighted by Crippen LogP contribution is -2.44. The van der Waals surface area contributed by atoms with Crippen LogP contribution in [0.25, 0.3) is 0 Å². The summed E-state index contributed by atoms with van der Waals surface area (Å²) < 4.78 is 1.39. The van der Waals surface area contributed by atoms with E-state index in [1.165, 1.54) is 11.1 Å². The molecule has 2 rings (SSSR count). The van der Waals surface area contributed by atoms with Crippen molar-refractivity contribution in [3.8, 4) is 0 Å². The summed E-state index contributed by atoms with van der Waals surface area (Å²) in [6, 6.07) is 0. The van der Waals surface area contributed by atoms with Crippen molar-refractivity contribution in [2.24, 2.45) is 5.92 Å². The second kappa shape index (κ2) is 6.79. The number of aliphatic hydroxyl groups is 1. The van der Waals surface area contributed by atoms with E-state index in [2.05, 4.69) is 10.4 Å². The molecule has 0 unspecified atom stereocenters. The maximum absolute atomic E-state index is 12.2. The van der Waals surface area contributed by atoms with E-state index in [0.29, 0.717) is 18.2 Å². The Bertz CT molecular complexity index is 536. The highest BCUT2D eigenvalue weighted by Crippen LogP contribution is 2.32. The number of anilines is 1. The quantitative estimate of drug-likeness (QED) is 0.877. The van der Waals surface area contributed by atoms with E-state index in [0.717, 1.165) is 25.7 Å². The molecule has 0 atom stereocenters. The summed E-state index contributed by atoms with van der Waals surface area (Å²) in [5.41, 5.74) is -0.128. The third-order valence-corrected chi connectivity index (χ3v) is 4.40. The molecule has 1 fully saturated rings. The van der Waals surface area contributed by atoms with Gasteiger partial charge < -0.3 is 10.4 Å². The largest absolute Gasteiger partial charge is 0.394 e. The first-order valence-electron chi connectivity index (χ1n) is 7.62. The Kier molecular flexibility index (Phi) is 5.27. The zero-order chi connectivity index (χ0) is 15.5. The fraction of sp³-hybridized carbons (Fsp3) is 0.733. The molecule has 21 heavy (non-hydrogen) atoms. The SMILES string of the molecule is CC(C)Cn1ncc(NC2(CO)CCCCC2)c(Cl)c1=O. The minimum atomic E-state index is -0.375. The topological polar surface area (TPSA) is 67.2 Å². The lowest BCUT2D eigenvalue weighted by Gasteiger charge is -2.37. The van der Waals surface area contributed by atoms with Crippen molar-refractivity contribution in [1.82, 2.24) is 9.78 Å². The third-order valence-electron chi connectivity index (χ3n) is 4.04. The third kappa shape index (κ3) is 3.77. The van der Waals surface area contributed by atoms with Gasteiger partial charge in [0.25, 0.3) is 5.56 Å². The lowest BCUT2D eigenvalue weighted by atomic mass is 9.82. The number of halogens is 1. The molecule has 0 aromatic carbocycles. The van der Waals surface area contributed by atoms with Crippen LogP contribution in [0, 0.1) is 5.92 Å². The Morgan fingerprint density at radius 1 is 1.43 bits per heavy atom. The first kappa shape index (κ1) is 16.3.